The van der Waals surface area contributed by atoms with E-state index in [4.69, 9.17) is 11.6 Å². The molecule has 28 heavy (non-hydrogen) atoms. The fourth-order valence-corrected chi connectivity index (χ4v) is 4.60. The van der Waals surface area contributed by atoms with Gasteiger partial charge in [0.2, 0.25) is 5.28 Å². The summed E-state index contributed by atoms with van der Waals surface area (Å²) in [5.41, 5.74) is 2.55. The monoisotopic (exact) mass is 415 g/mol. The van der Waals surface area contributed by atoms with Crippen LogP contribution in [0.4, 0.5) is 0 Å². The minimum absolute atomic E-state index is 0.262. The third-order valence-electron chi connectivity index (χ3n) is 5.23. The molecule has 1 aliphatic carbocycles. The van der Waals surface area contributed by atoms with E-state index < -0.39 is 11.4 Å². The fraction of sp³-hybridized carbons (Fsp3) is 0.381. The smallest absolute Gasteiger partial charge is 0.226 e. The molecule has 0 bridgehead atoms. The number of carbonyl (C=O) groups excluding carboxylic acids is 1. The number of aliphatic hydroxyl groups is 1. The summed E-state index contributed by atoms with van der Waals surface area (Å²) in [7, 11) is 0. The van der Waals surface area contributed by atoms with Crippen LogP contribution in [0.3, 0.4) is 0 Å². The van der Waals surface area contributed by atoms with Gasteiger partial charge in [0.05, 0.1) is 11.3 Å². The van der Waals surface area contributed by atoms with Crippen LogP contribution in [0.2, 0.25) is 5.28 Å². The number of Topliss-reactive ketones (excluding diaryl/α,β-unsaturated/α-hetero) is 1. The SMILES string of the molecule is CC(C)(Sc1nnc(Cl)n1Cc1ccc(C2CC2)c2ccccc12)C(=O)CO. The first-order valence-corrected chi connectivity index (χ1v) is 10.5. The Bertz CT molecular complexity index is 1040. The molecule has 1 N–H and O–H groups in total. The van der Waals surface area contributed by atoms with E-state index >= 15 is 0 Å². The molecule has 1 fully saturated rings. The molecule has 1 saturated carbocycles. The van der Waals surface area contributed by atoms with Crippen molar-refractivity contribution in [1.82, 2.24) is 14.8 Å². The van der Waals surface area contributed by atoms with Gasteiger partial charge in [0.25, 0.3) is 0 Å². The van der Waals surface area contributed by atoms with Gasteiger partial charge in [-0.1, -0.05) is 48.2 Å². The normalized spacial score (nSPS) is 14.6. The van der Waals surface area contributed by atoms with Crippen molar-refractivity contribution in [2.24, 2.45) is 0 Å². The van der Waals surface area contributed by atoms with E-state index in [0.717, 1.165) is 5.56 Å². The van der Waals surface area contributed by atoms with E-state index in [-0.39, 0.29) is 11.1 Å². The summed E-state index contributed by atoms with van der Waals surface area (Å²) in [6.07, 6.45) is 2.52. The number of hydrogen-bond acceptors (Lipinski definition) is 5. The van der Waals surface area contributed by atoms with Gasteiger partial charge in [-0.15, -0.1) is 10.2 Å². The highest BCUT2D eigenvalue weighted by molar-refractivity contribution is 8.01. The van der Waals surface area contributed by atoms with Crippen LogP contribution in [-0.2, 0) is 11.3 Å². The summed E-state index contributed by atoms with van der Waals surface area (Å²) < 4.78 is 0.998. The molecular formula is C21H22ClN3O2S. The Hall–Kier alpha value is -1.89. The van der Waals surface area contributed by atoms with Crippen LogP contribution in [-0.4, -0.2) is 37.0 Å². The molecule has 0 radical (unpaired) electrons. The number of nitrogens with zero attached hydrogens (tertiary/aromatic N) is 3. The number of rotatable bonds is 7. The molecule has 7 heteroatoms. The van der Waals surface area contributed by atoms with Crippen LogP contribution in [0.1, 0.15) is 43.7 Å². The Balaban J connectivity index is 1.70. The van der Waals surface area contributed by atoms with Gasteiger partial charge in [-0.3, -0.25) is 9.36 Å². The number of aromatic nitrogens is 3. The highest BCUT2D eigenvalue weighted by Crippen LogP contribution is 2.44. The number of hydrogen-bond donors (Lipinski definition) is 1. The second-order valence-electron chi connectivity index (χ2n) is 7.67. The van der Waals surface area contributed by atoms with Crippen LogP contribution in [0.25, 0.3) is 10.8 Å². The molecule has 0 unspecified atom stereocenters. The van der Waals surface area contributed by atoms with Crippen molar-refractivity contribution in [2.75, 3.05) is 6.61 Å². The standard InChI is InChI=1S/C21H22ClN3O2S/c1-21(2,18(27)12-26)28-20-24-23-19(22)25(20)11-14-9-10-16(13-7-8-13)17-6-4-3-5-15(14)17/h3-6,9-10,13,26H,7-8,11-12H2,1-2H3. The molecule has 146 valence electrons. The molecule has 3 aromatic rings. The zero-order valence-electron chi connectivity index (χ0n) is 15.9. The molecule has 0 atom stereocenters. The van der Waals surface area contributed by atoms with Crippen molar-refractivity contribution in [1.29, 1.82) is 0 Å². The van der Waals surface area contributed by atoms with Gasteiger partial charge in [0, 0.05) is 0 Å². The topological polar surface area (TPSA) is 68.0 Å². The van der Waals surface area contributed by atoms with E-state index in [0.29, 0.717) is 17.6 Å². The Morgan fingerprint density at radius 1 is 1.21 bits per heavy atom. The Morgan fingerprint density at radius 3 is 2.61 bits per heavy atom. The van der Waals surface area contributed by atoms with Crippen LogP contribution in [0, 0.1) is 0 Å². The number of benzene rings is 2. The number of halogens is 1. The highest BCUT2D eigenvalue weighted by Gasteiger charge is 2.31. The van der Waals surface area contributed by atoms with E-state index in [9.17, 15) is 9.90 Å². The minimum Gasteiger partial charge on any atom is -0.389 e. The number of aliphatic hydroxyl groups excluding tert-OH is 1. The quantitative estimate of drug-likeness (QED) is 0.577. The predicted molar refractivity (Wildman–Crippen MR) is 112 cm³/mol. The predicted octanol–water partition coefficient (Wildman–Crippen LogP) is 4.44. The number of fused-ring (bicyclic) bond motifs is 1. The van der Waals surface area contributed by atoms with Gasteiger partial charge < -0.3 is 5.11 Å². The maximum absolute atomic E-state index is 12.0. The lowest BCUT2D eigenvalue weighted by molar-refractivity contribution is -0.123. The summed E-state index contributed by atoms with van der Waals surface area (Å²) >= 11 is 7.59. The van der Waals surface area contributed by atoms with Crippen LogP contribution in [0.15, 0.2) is 41.6 Å². The zero-order valence-corrected chi connectivity index (χ0v) is 17.4. The summed E-state index contributed by atoms with van der Waals surface area (Å²) in [5, 5.41) is 20.7. The van der Waals surface area contributed by atoms with Gasteiger partial charge in [-0.2, -0.15) is 0 Å². The van der Waals surface area contributed by atoms with Crippen molar-refractivity contribution < 1.29 is 9.90 Å². The highest BCUT2D eigenvalue weighted by atomic mass is 35.5. The van der Waals surface area contributed by atoms with Gasteiger partial charge in [0.1, 0.15) is 6.61 Å². The number of thioether (sulfide) groups is 1. The lowest BCUT2D eigenvalue weighted by atomic mass is 9.97. The summed E-state index contributed by atoms with van der Waals surface area (Å²) in [6, 6.07) is 12.8. The van der Waals surface area contributed by atoms with Gasteiger partial charge in [0.15, 0.2) is 10.9 Å². The van der Waals surface area contributed by atoms with Gasteiger partial charge in [-0.05, 0) is 66.1 Å². The lowest BCUT2D eigenvalue weighted by Crippen LogP contribution is -2.31. The maximum atomic E-state index is 12.0. The first-order valence-electron chi connectivity index (χ1n) is 9.33. The lowest BCUT2D eigenvalue weighted by Gasteiger charge is -2.21. The molecule has 2 aromatic carbocycles. The molecule has 0 amide bonds. The first-order chi connectivity index (χ1) is 13.4. The molecule has 5 nitrogen and oxygen atoms in total. The molecule has 4 rings (SSSR count). The number of ketones is 1. The van der Waals surface area contributed by atoms with Crippen molar-refractivity contribution in [3.05, 3.63) is 52.8 Å². The van der Waals surface area contributed by atoms with Crippen LogP contribution < -0.4 is 0 Å². The van der Waals surface area contributed by atoms with E-state index in [1.54, 1.807) is 13.8 Å². The summed E-state index contributed by atoms with van der Waals surface area (Å²) in [5.74, 6) is 0.413. The second kappa shape index (κ2) is 7.50. The average Bonchev–Trinajstić information content (AvgIpc) is 3.48. The molecule has 1 aliphatic rings. The van der Waals surface area contributed by atoms with E-state index in [1.165, 1.54) is 40.9 Å². The Morgan fingerprint density at radius 2 is 1.93 bits per heavy atom. The van der Waals surface area contributed by atoms with E-state index in [1.807, 2.05) is 4.57 Å². The summed E-state index contributed by atoms with van der Waals surface area (Å²) in [6.45, 7) is 3.55. The Kier molecular flexibility index (Phi) is 5.21. The van der Waals surface area contributed by atoms with Crippen molar-refractivity contribution in [2.45, 2.75) is 49.1 Å². The van der Waals surface area contributed by atoms with Crippen molar-refractivity contribution in [3.63, 3.8) is 0 Å². The van der Waals surface area contributed by atoms with Crippen molar-refractivity contribution >= 4 is 39.9 Å². The molecule has 1 heterocycles. The molecule has 0 spiro atoms. The maximum Gasteiger partial charge on any atom is 0.226 e. The van der Waals surface area contributed by atoms with Gasteiger partial charge >= 0.3 is 0 Å². The molecule has 1 aromatic heterocycles. The molecular weight excluding hydrogens is 394 g/mol. The van der Waals surface area contributed by atoms with Gasteiger partial charge in [-0.25, -0.2) is 0 Å². The third kappa shape index (κ3) is 3.69. The third-order valence-corrected chi connectivity index (χ3v) is 6.73. The molecule has 0 saturated heterocycles. The van der Waals surface area contributed by atoms with Crippen LogP contribution in [0.5, 0.6) is 0 Å². The average molecular weight is 416 g/mol. The zero-order chi connectivity index (χ0) is 19.9. The fourth-order valence-electron chi connectivity index (χ4n) is 3.40. The van der Waals surface area contributed by atoms with Crippen LogP contribution >= 0.6 is 23.4 Å². The minimum atomic E-state index is -0.819. The molecule has 0 aliphatic heterocycles. The van der Waals surface area contributed by atoms with E-state index in [2.05, 4.69) is 46.6 Å². The number of carbonyl (C=O) groups is 1. The second-order valence-corrected chi connectivity index (χ2v) is 9.59. The first kappa shape index (κ1) is 19.4. The largest absolute Gasteiger partial charge is 0.389 e. The summed E-state index contributed by atoms with van der Waals surface area (Å²) in [4.78, 5) is 12.0. The van der Waals surface area contributed by atoms with Crippen molar-refractivity contribution in [3.8, 4) is 0 Å². The Labute approximate surface area is 173 Å².